The third-order valence-electron chi connectivity index (χ3n) is 6.81. The molecule has 16 nitrogen and oxygen atoms in total. The van der Waals surface area contributed by atoms with Gasteiger partial charge in [0.2, 0.25) is 17.5 Å². The lowest BCUT2D eigenvalue weighted by Crippen LogP contribution is -2.59. The third kappa shape index (κ3) is 5.13. The topological polar surface area (TPSA) is 277 Å². The van der Waals surface area contributed by atoms with Crippen LogP contribution < -0.4 is 10.2 Å². The molecule has 0 saturated carbocycles. The van der Waals surface area contributed by atoms with Crippen molar-refractivity contribution in [2.75, 3.05) is 0 Å². The standard InChI is InChI=1S/C28H24O16/c1-8-19(35)25(43-27(40)10-4-15(33)21(37)16(34)5-10)23(39)28(41-8)44-26-22(38)18-12(30)6-11(29)7-17(18)42-24(26)9-2-13(31)20(36)14(32)3-9/h2-8,19,23,25,28-37,39H,1H3/t8-,19-,23+,25+,28-/m0/s1. The average Bonchev–Trinajstić information content (AvgIpc) is 2.95. The second-order valence-electron chi connectivity index (χ2n) is 9.83. The van der Waals surface area contributed by atoms with Gasteiger partial charge in [-0.2, -0.15) is 0 Å². The van der Waals surface area contributed by atoms with Gasteiger partial charge in [0.25, 0.3) is 0 Å². The predicted molar refractivity (Wildman–Crippen MR) is 144 cm³/mol. The summed E-state index contributed by atoms with van der Waals surface area (Å²) in [6, 6.07) is 5.08. The van der Waals surface area contributed by atoms with Crippen LogP contribution >= 0.6 is 0 Å². The number of phenolic OH excluding ortho intramolecular Hbond substituents is 8. The van der Waals surface area contributed by atoms with Gasteiger partial charge in [0, 0.05) is 17.7 Å². The fraction of sp³-hybridized carbons (Fsp3) is 0.214. The van der Waals surface area contributed by atoms with Gasteiger partial charge in [-0.25, -0.2) is 4.79 Å². The SMILES string of the molecule is C[C@@H]1O[C@@H](Oc2c(-c3cc(O)c(O)c(O)c3)oc3cc(O)cc(O)c3c2=O)[C@H](O)[C@H](OC(=O)c2cc(O)c(O)c(O)c2)[C@H]1O. The zero-order chi connectivity index (χ0) is 32.2. The first-order valence-electron chi connectivity index (χ1n) is 12.6. The number of benzene rings is 3. The van der Waals surface area contributed by atoms with Gasteiger partial charge in [-0.1, -0.05) is 0 Å². The van der Waals surface area contributed by atoms with Crippen molar-refractivity contribution >= 4 is 16.9 Å². The number of phenols is 8. The first kappa shape index (κ1) is 29.9. The van der Waals surface area contributed by atoms with E-state index in [-0.39, 0.29) is 11.1 Å². The van der Waals surface area contributed by atoms with Crippen LogP contribution in [-0.2, 0) is 9.47 Å². The van der Waals surface area contributed by atoms with Crippen molar-refractivity contribution in [3.05, 3.63) is 52.2 Å². The molecule has 5 rings (SSSR count). The Bertz CT molecular complexity index is 1800. The number of aliphatic hydroxyl groups is 2. The summed E-state index contributed by atoms with van der Waals surface area (Å²) in [6.45, 7) is 1.31. The molecule has 1 saturated heterocycles. The predicted octanol–water partition coefficient (Wildman–Crippen LogP) is 1.18. The van der Waals surface area contributed by atoms with Crippen LogP contribution in [-0.4, -0.2) is 87.7 Å². The molecule has 0 aliphatic carbocycles. The van der Waals surface area contributed by atoms with Crippen molar-refractivity contribution in [3.8, 4) is 63.1 Å². The highest BCUT2D eigenvalue weighted by atomic mass is 16.7. The van der Waals surface area contributed by atoms with E-state index in [0.29, 0.717) is 0 Å². The molecule has 1 fully saturated rings. The summed E-state index contributed by atoms with van der Waals surface area (Å²) < 4.78 is 22.1. The number of aromatic hydroxyl groups is 8. The maximum absolute atomic E-state index is 13.6. The molecule has 3 aromatic carbocycles. The molecule has 232 valence electrons. The average molecular weight is 616 g/mol. The lowest BCUT2D eigenvalue weighted by Gasteiger charge is -2.40. The molecule has 10 N–H and O–H groups in total. The largest absolute Gasteiger partial charge is 0.508 e. The van der Waals surface area contributed by atoms with E-state index in [9.17, 15) is 60.7 Å². The number of ether oxygens (including phenoxy) is 3. The molecule has 0 spiro atoms. The fourth-order valence-corrected chi connectivity index (χ4v) is 4.56. The molecule has 0 radical (unpaired) electrons. The highest BCUT2D eigenvalue weighted by molar-refractivity contribution is 5.91. The molecular weight excluding hydrogens is 592 g/mol. The number of hydrogen-bond donors (Lipinski definition) is 10. The van der Waals surface area contributed by atoms with Crippen LogP contribution in [0.15, 0.2) is 45.6 Å². The van der Waals surface area contributed by atoms with E-state index in [2.05, 4.69) is 0 Å². The van der Waals surface area contributed by atoms with Crippen molar-refractivity contribution < 1.29 is 74.5 Å². The lowest BCUT2D eigenvalue weighted by atomic mass is 9.99. The van der Waals surface area contributed by atoms with Crippen LogP contribution in [0.3, 0.4) is 0 Å². The van der Waals surface area contributed by atoms with E-state index >= 15 is 0 Å². The molecule has 0 unspecified atom stereocenters. The number of carbonyl (C=O) groups excluding carboxylic acids is 1. The highest BCUT2D eigenvalue weighted by Gasteiger charge is 2.47. The summed E-state index contributed by atoms with van der Waals surface area (Å²) in [5.74, 6) is -9.03. The maximum atomic E-state index is 13.6. The van der Waals surface area contributed by atoms with Gasteiger partial charge in [0.15, 0.2) is 52.5 Å². The first-order valence-corrected chi connectivity index (χ1v) is 12.6. The van der Waals surface area contributed by atoms with Crippen molar-refractivity contribution in [2.24, 2.45) is 0 Å². The van der Waals surface area contributed by atoms with Crippen LogP contribution in [0.5, 0.6) is 51.7 Å². The normalized spacial score (nSPS) is 21.7. The number of esters is 1. The Morgan fingerprint density at radius 2 is 1.34 bits per heavy atom. The summed E-state index contributed by atoms with van der Waals surface area (Å²) in [5, 5.41) is 100. The molecule has 2 heterocycles. The summed E-state index contributed by atoms with van der Waals surface area (Å²) in [6.07, 6.45) is -8.66. The lowest BCUT2D eigenvalue weighted by molar-refractivity contribution is -0.267. The summed E-state index contributed by atoms with van der Waals surface area (Å²) >= 11 is 0. The first-order chi connectivity index (χ1) is 20.7. The number of aliphatic hydroxyl groups excluding tert-OH is 2. The van der Waals surface area contributed by atoms with Crippen LogP contribution in [0, 0.1) is 0 Å². The number of rotatable bonds is 5. The van der Waals surface area contributed by atoms with E-state index in [1.165, 1.54) is 6.92 Å². The van der Waals surface area contributed by atoms with E-state index < -0.39 is 111 Å². The minimum Gasteiger partial charge on any atom is -0.508 e. The van der Waals surface area contributed by atoms with Crippen molar-refractivity contribution in [1.29, 1.82) is 0 Å². The van der Waals surface area contributed by atoms with E-state index in [1.54, 1.807) is 0 Å². The highest BCUT2D eigenvalue weighted by Crippen LogP contribution is 2.43. The van der Waals surface area contributed by atoms with Gasteiger partial charge in [0.05, 0.1) is 11.7 Å². The van der Waals surface area contributed by atoms with Gasteiger partial charge in [-0.15, -0.1) is 0 Å². The monoisotopic (exact) mass is 616 g/mol. The molecule has 0 amide bonds. The number of carbonyl (C=O) groups is 1. The molecule has 44 heavy (non-hydrogen) atoms. The van der Waals surface area contributed by atoms with Crippen LogP contribution in [0.25, 0.3) is 22.3 Å². The molecular formula is C28H24O16. The zero-order valence-corrected chi connectivity index (χ0v) is 22.3. The molecule has 0 bridgehead atoms. The molecule has 5 atom stereocenters. The minimum atomic E-state index is -2.04. The molecule has 4 aromatic rings. The van der Waals surface area contributed by atoms with E-state index in [1.807, 2.05) is 0 Å². The van der Waals surface area contributed by atoms with Crippen molar-refractivity contribution in [2.45, 2.75) is 37.6 Å². The fourth-order valence-electron chi connectivity index (χ4n) is 4.56. The number of fused-ring (bicyclic) bond motifs is 1. The number of hydrogen-bond acceptors (Lipinski definition) is 16. The Kier molecular flexibility index (Phi) is 7.42. The zero-order valence-electron chi connectivity index (χ0n) is 22.3. The Morgan fingerprint density at radius 3 is 1.93 bits per heavy atom. The van der Waals surface area contributed by atoms with Crippen LogP contribution in [0.4, 0.5) is 0 Å². The quantitative estimate of drug-likeness (QED) is 0.111. The Balaban J connectivity index is 1.57. The van der Waals surface area contributed by atoms with Gasteiger partial charge < -0.3 is 69.7 Å². The Labute approximate surface area is 244 Å². The maximum Gasteiger partial charge on any atom is 0.338 e. The molecule has 16 heteroatoms. The third-order valence-corrected chi connectivity index (χ3v) is 6.81. The molecule has 1 aromatic heterocycles. The second-order valence-corrected chi connectivity index (χ2v) is 9.83. The Morgan fingerprint density at radius 1 is 0.773 bits per heavy atom. The van der Waals surface area contributed by atoms with Crippen LogP contribution in [0.1, 0.15) is 17.3 Å². The van der Waals surface area contributed by atoms with Gasteiger partial charge in [-0.05, 0) is 31.2 Å². The molecule has 1 aliphatic heterocycles. The van der Waals surface area contributed by atoms with Crippen molar-refractivity contribution in [3.63, 3.8) is 0 Å². The Hall–Kier alpha value is -5.58. The van der Waals surface area contributed by atoms with E-state index in [4.69, 9.17) is 18.6 Å². The van der Waals surface area contributed by atoms with Gasteiger partial charge in [-0.3, -0.25) is 4.79 Å². The van der Waals surface area contributed by atoms with Crippen molar-refractivity contribution in [1.82, 2.24) is 0 Å². The van der Waals surface area contributed by atoms with Gasteiger partial charge in [0.1, 0.15) is 28.6 Å². The second kappa shape index (κ2) is 10.9. The smallest absolute Gasteiger partial charge is 0.338 e. The van der Waals surface area contributed by atoms with Gasteiger partial charge >= 0.3 is 5.97 Å². The summed E-state index contributed by atoms with van der Waals surface area (Å²) in [4.78, 5) is 26.4. The van der Waals surface area contributed by atoms with Crippen LogP contribution in [0.2, 0.25) is 0 Å². The summed E-state index contributed by atoms with van der Waals surface area (Å²) in [7, 11) is 0. The minimum absolute atomic E-state index is 0.261. The van der Waals surface area contributed by atoms with E-state index in [0.717, 1.165) is 36.4 Å². The summed E-state index contributed by atoms with van der Waals surface area (Å²) in [5.41, 5.74) is -2.20. The molecule has 1 aliphatic rings.